The second kappa shape index (κ2) is 15.6. The molecule has 0 N–H and O–H groups in total. The van der Waals surface area contributed by atoms with Crippen LogP contribution in [-0.4, -0.2) is 6.71 Å². The molecule has 0 saturated heterocycles. The number of hydrogen-bond acceptors (Lipinski definition) is 2. The molecule has 11 rings (SSSR count). The van der Waals surface area contributed by atoms with Crippen LogP contribution in [-0.2, 0) is 32.5 Å². The molecule has 0 unspecified atom stereocenters. The number of hydrogen-bond donors (Lipinski definition) is 0. The Labute approximate surface area is 425 Å². The fourth-order valence-corrected chi connectivity index (χ4v) is 13.0. The molecule has 4 aliphatic rings. The van der Waals surface area contributed by atoms with Crippen molar-refractivity contribution in [1.82, 2.24) is 0 Å². The molecule has 70 heavy (non-hydrogen) atoms. The van der Waals surface area contributed by atoms with Crippen LogP contribution in [0.15, 0.2) is 133 Å². The van der Waals surface area contributed by atoms with E-state index in [0.717, 1.165) is 76.4 Å². The second-order valence-electron chi connectivity index (χ2n) is 25.8. The van der Waals surface area contributed by atoms with Gasteiger partial charge in [0.2, 0.25) is 0 Å². The van der Waals surface area contributed by atoms with E-state index in [-0.39, 0.29) is 39.2 Å². The number of rotatable bonds is 5. The van der Waals surface area contributed by atoms with E-state index in [4.69, 9.17) is 0 Å². The van der Waals surface area contributed by atoms with Gasteiger partial charge in [-0.05, 0) is 181 Å². The molecule has 0 radical (unpaired) electrons. The lowest BCUT2D eigenvalue weighted by Crippen LogP contribution is -2.62. The van der Waals surface area contributed by atoms with Crippen LogP contribution in [0.1, 0.15) is 170 Å². The van der Waals surface area contributed by atoms with E-state index in [1.807, 2.05) is 12.1 Å². The molecule has 0 aromatic heterocycles. The van der Waals surface area contributed by atoms with E-state index in [1.54, 1.807) is 0 Å². The summed E-state index contributed by atoms with van der Waals surface area (Å²) in [6, 6.07) is 50.1. The van der Waals surface area contributed by atoms with E-state index < -0.39 is 6.85 Å². The average Bonchev–Trinajstić information content (AvgIpc) is 3.33. The Balaban J connectivity index is 1.31. The van der Waals surface area contributed by atoms with Gasteiger partial charge >= 0.3 is 0 Å². The molecule has 356 valence electrons. The van der Waals surface area contributed by atoms with E-state index in [2.05, 4.69) is 228 Å². The van der Waals surface area contributed by atoms with Crippen LogP contribution >= 0.6 is 0 Å². The van der Waals surface area contributed by atoms with E-state index in [1.165, 1.54) is 55.4 Å². The van der Waals surface area contributed by atoms with Crippen molar-refractivity contribution in [3.63, 3.8) is 0 Å². The Hall–Kier alpha value is -5.80. The Kier molecular flexibility index (Phi) is 9.59. The molecule has 7 aromatic carbocycles. The first-order chi connectivity index (χ1) is 34.1. The summed E-state index contributed by atoms with van der Waals surface area (Å²) < 4.78 is 28.0. The first-order valence-electron chi connectivity index (χ1n) is 27.6. The summed E-state index contributed by atoms with van der Waals surface area (Å²) in [7, 11) is 0. The van der Waals surface area contributed by atoms with Crippen LogP contribution in [0.4, 0.5) is 34.1 Å². The van der Waals surface area contributed by atoms with Crippen LogP contribution < -0.4 is 26.2 Å². The summed E-state index contributed by atoms with van der Waals surface area (Å²) in [5, 5.41) is 0. The molecule has 2 heterocycles. The van der Waals surface area contributed by atoms with Gasteiger partial charge in [-0.1, -0.05) is 181 Å². The van der Waals surface area contributed by atoms with Gasteiger partial charge in [-0.15, -0.1) is 0 Å². The number of benzene rings is 7. The molecule has 0 bridgehead atoms. The van der Waals surface area contributed by atoms with Crippen LogP contribution in [0, 0.1) is 13.8 Å². The minimum atomic E-state index is -2.40. The molecule has 2 nitrogen and oxygen atoms in total. The summed E-state index contributed by atoms with van der Waals surface area (Å²) in [6.07, 6.45) is 4.40. The highest BCUT2D eigenvalue weighted by atomic mass is 15.2. The topological polar surface area (TPSA) is 6.48 Å². The van der Waals surface area contributed by atoms with Gasteiger partial charge in [0.15, 0.2) is 0 Å². The van der Waals surface area contributed by atoms with Gasteiger partial charge in [0.25, 0.3) is 6.71 Å². The number of nitrogens with zero attached hydrogens (tertiary/aromatic N) is 2. The van der Waals surface area contributed by atoms with Gasteiger partial charge < -0.3 is 9.80 Å². The Morgan fingerprint density at radius 2 is 0.957 bits per heavy atom. The molecule has 0 amide bonds. The minimum absolute atomic E-state index is 0.0248. The average molecular weight is 922 g/mol. The van der Waals surface area contributed by atoms with E-state index >= 15 is 0 Å². The molecular formula is C67H75BN2. The van der Waals surface area contributed by atoms with E-state index in [9.17, 15) is 4.11 Å². The zero-order valence-electron chi connectivity index (χ0n) is 47.5. The lowest BCUT2D eigenvalue weighted by atomic mass is 9.33. The third-order valence-electron chi connectivity index (χ3n) is 17.9. The molecule has 0 fully saturated rings. The van der Waals surface area contributed by atoms with Crippen LogP contribution in [0.25, 0.3) is 11.1 Å². The van der Waals surface area contributed by atoms with Crippen molar-refractivity contribution in [2.24, 2.45) is 0 Å². The summed E-state index contributed by atoms with van der Waals surface area (Å²) in [4.78, 5) is 4.97. The second-order valence-corrected chi connectivity index (χ2v) is 25.8. The number of fused-ring (bicyclic) bond motifs is 6. The minimum Gasteiger partial charge on any atom is -0.311 e. The van der Waals surface area contributed by atoms with Crippen molar-refractivity contribution in [3.8, 4) is 11.1 Å². The first-order valence-corrected chi connectivity index (χ1v) is 26.1. The van der Waals surface area contributed by atoms with Crippen LogP contribution in [0.2, 0.25) is 0 Å². The molecule has 2 aliphatic carbocycles. The molecule has 0 spiro atoms. The molecular weight excluding hydrogens is 844 g/mol. The standard InChI is InChI=1S/C67H75BN2/c1-42-34-59-61-60(35-42)70(56-40-51-49(36-43(56)2)63(6,7)30-32-65(51,10)11)57-38-47(67(14,15)45-24-20-17-21-25-45)26-28-53(57)68(61)54-39-50-52(66(12,13)33-31-64(50,8)9)41-58(54)69(59)55-29-27-46(62(3,4)5)37-48(55)44-22-18-16-19-23-44/h16-29,34-41H,30-33H2,1-15H3/i1D3. The van der Waals surface area contributed by atoms with Gasteiger partial charge in [0, 0.05) is 43.5 Å². The maximum atomic E-state index is 9.33. The van der Waals surface area contributed by atoms with Gasteiger partial charge in [-0.25, -0.2) is 0 Å². The summed E-state index contributed by atoms with van der Waals surface area (Å²) in [5.74, 6) is 0. The molecule has 7 aromatic rings. The van der Waals surface area contributed by atoms with Crippen molar-refractivity contribution >= 4 is 57.2 Å². The van der Waals surface area contributed by atoms with Crippen molar-refractivity contribution in [2.45, 2.75) is 162 Å². The van der Waals surface area contributed by atoms with Gasteiger partial charge in [-0.2, -0.15) is 0 Å². The van der Waals surface area contributed by atoms with Crippen molar-refractivity contribution in [1.29, 1.82) is 0 Å². The molecule has 2 aliphatic heterocycles. The third-order valence-corrected chi connectivity index (χ3v) is 17.9. The maximum absolute atomic E-state index is 9.33. The molecule has 0 atom stereocenters. The highest BCUT2D eigenvalue weighted by Crippen LogP contribution is 2.54. The Morgan fingerprint density at radius 3 is 1.53 bits per heavy atom. The van der Waals surface area contributed by atoms with Crippen LogP contribution in [0.5, 0.6) is 0 Å². The zero-order valence-corrected chi connectivity index (χ0v) is 44.5. The fourth-order valence-electron chi connectivity index (χ4n) is 13.0. The SMILES string of the molecule is [2H]C([2H])([2H])c1cc2c3c(c1)N(c1ccc(C(C)(C)C)cc1-c1ccccc1)c1cc4c(cc1B3c1ccc(C(C)(C)c3ccccc3)cc1N2c1cc2c(cc1C)C(C)(C)CCC2(C)C)C(C)(C)CCC4(C)C. The van der Waals surface area contributed by atoms with Crippen molar-refractivity contribution < 1.29 is 4.11 Å². The quantitative estimate of drug-likeness (QED) is 0.159. The smallest absolute Gasteiger partial charge is 0.252 e. The Morgan fingerprint density at radius 1 is 0.457 bits per heavy atom. The van der Waals surface area contributed by atoms with Gasteiger partial charge in [-0.3, -0.25) is 0 Å². The molecule has 0 saturated carbocycles. The van der Waals surface area contributed by atoms with Gasteiger partial charge in [0.05, 0.1) is 5.69 Å². The first kappa shape index (κ1) is 43.0. The highest BCUT2D eigenvalue weighted by Gasteiger charge is 2.48. The lowest BCUT2D eigenvalue weighted by Gasteiger charge is -2.48. The normalized spacial score (nSPS) is 18.9. The summed E-state index contributed by atoms with van der Waals surface area (Å²) in [5.41, 5.74) is 22.4. The summed E-state index contributed by atoms with van der Waals surface area (Å²) in [6.45, 7) is 30.6. The van der Waals surface area contributed by atoms with Gasteiger partial charge in [0.1, 0.15) is 0 Å². The number of anilines is 6. The lowest BCUT2D eigenvalue weighted by molar-refractivity contribution is 0.332. The number of aryl methyl sites for hydroxylation is 2. The fraction of sp³-hybridized carbons (Fsp3) is 0.373. The maximum Gasteiger partial charge on any atom is 0.252 e. The van der Waals surface area contributed by atoms with E-state index in [0.29, 0.717) is 5.56 Å². The summed E-state index contributed by atoms with van der Waals surface area (Å²) >= 11 is 0. The van der Waals surface area contributed by atoms with Crippen LogP contribution in [0.3, 0.4) is 0 Å². The predicted octanol–water partition coefficient (Wildman–Crippen LogP) is 16.4. The predicted molar refractivity (Wildman–Crippen MR) is 303 cm³/mol. The molecule has 3 heteroatoms. The zero-order chi connectivity index (χ0) is 52.2. The van der Waals surface area contributed by atoms with Crippen molar-refractivity contribution in [3.05, 3.63) is 184 Å². The van der Waals surface area contributed by atoms with Crippen molar-refractivity contribution in [2.75, 3.05) is 9.80 Å². The highest BCUT2D eigenvalue weighted by molar-refractivity contribution is 7.00. The largest absolute Gasteiger partial charge is 0.311 e. The third kappa shape index (κ3) is 7.18. The monoisotopic (exact) mass is 922 g/mol. The Bertz CT molecular complexity index is 3370.